The van der Waals surface area contributed by atoms with Crippen LogP contribution in [0.15, 0.2) is 63.8 Å². The van der Waals surface area contributed by atoms with Gasteiger partial charge in [-0.25, -0.2) is 4.79 Å². The summed E-state index contributed by atoms with van der Waals surface area (Å²) in [5.74, 6) is 0.595. The highest BCUT2D eigenvalue weighted by Crippen LogP contribution is 2.36. The van der Waals surface area contributed by atoms with Crippen molar-refractivity contribution in [3.05, 3.63) is 70.0 Å². The average Bonchev–Trinajstić information content (AvgIpc) is 2.61. The Morgan fingerprint density at radius 2 is 1.72 bits per heavy atom. The van der Waals surface area contributed by atoms with E-state index in [0.717, 1.165) is 11.1 Å². The molecule has 1 heterocycles. The van der Waals surface area contributed by atoms with Crippen molar-refractivity contribution in [2.75, 3.05) is 7.11 Å². The van der Waals surface area contributed by atoms with E-state index in [1.54, 1.807) is 42.5 Å². The Morgan fingerprint density at radius 3 is 2.44 bits per heavy atom. The molecule has 0 fully saturated rings. The summed E-state index contributed by atoms with van der Waals surface area (Å²) in [4.78, 5) is 12.3. The highest BCUT2D eigenvalue weighted by molar-refractivity contribution is 6.30. The number of methoxy groups -OCH3 is 1. The van der Waals surface area contributed by atoms with Gasteiger partial charge in [-0.05, 0) is 53.6 Å². The van der Waals surface area contributed by atoms with E-state index in [1.807, 2.05) is 12.1 Å². The average molecular weight is 353 g/mol. The molecule has 4 aromatic rings. The first kappa shape index (κ1) is 15.5. The van der Waals surface area contributed by atoms with Crippen LogP contribution in [-0.4, -0.2) is 12.2 Å². The van der Waals surface area contributed by atoms with E-state index in [4.69, 9.17) is 20.8 Å². The van der Waals surface area contributed by atoms with Gasteiger partial charge in [0, 0.05) is 10.4 Å². The van der Waals surface area contributed by atoms with Crippen LogP contribution in [0.4, 0.5) is 0 Å². The highest BCUT2D eigenvalue weighted by Gasteiger charge is 2.14. The normalized spacial score (nSPS) is 11.1. The van der Waals surface area contributed by atoms with Gasteiger partial charge in [0.1, 0.15) is 17.1 Å². The van der Waals surface area contributed by atoms with Crippen LogP contribution in [0, 0.1) is 0 Å². The number of fused-ring (bicyclic) bond motifs is 3. The molecule has 5 heteroatoms. The van der Waals surface area contributed by atoms with Gasteiger partial charge in [-0.1, -0.05) is 23.7 Å². The van der Waals surface area contributed by atoms with Crippen molar-refractivity contribution in [2.24, 2.45) is 0 Å². The molecule has 0 spiro atoms. The molecule has 0 aliphatic carbocycles. The molecule has 4 nitrogen and oxygen atoms in total. The largest absolute Gasteiger partial charge is 0.507 e. The number of hydrogen-bond donors (Lipinski definition) is 1. The van der Waals surface area contributed by atoms with Crippen molar-refractivity contribution in [1.82, 2.24) is 0 Å². The fourth-order valence-corrected chi connectivity index (χ4v) is 3.08. The number of hydrogen-bond acceptors (Lipinski definition) is 4. The first-order valence-corrected chi connectivity index (χ1v) is 7.98. The van der Waals surface area contributed by atoms with E-state index in [2.05, 4.69) is 0 Å². The van der Waals surface area contributed by atoms with Gasteiger partial charge in [-0.2, -0.15) is 0 Å². The van der Waals surface area contributed by atoms with E-state index in [-0.39, 0.29) is 5.75 Å². The molecule has 124 valence electrons. The molecule has 0 saturated carbocycles. The maximum absolute atomic E-state index is 12.3. The number of phenols is 1. The maximum Gasteiger partial charge on any atom is 0.344 e. The standard InChI is InChI=1S/C20H13ClO4/c1-24-14-6-7-15-16(10-14)20(23)25-18-9-12(8-17(22)19(15)18)11-2-4-13(21)5-3-11/h2-10,22H,1H3. The summed E-state index contributed by atoms with van der Waals surface area (Å²) >= 11 is 5.92. The van der Waals surface area contributed by atoms with Crippen LogP contribution >= 0.6 is 11.6 Å². The van der Waals surface area contributed by atoms with E-state index in [0.29, 0.717) is 32.5 Å². The van der Waals surface area contributed by atoms with Gasteiger partial charge in [0.15, 0.2) is 0 Å². The Labute approximate surface area is 147 Å². The van der Waals surface area contributed by atoms with Crippen molar-refractivity contribution in [3.63, 3.8) is 0 Å². The molecule has 1 aromatic heterocycles. The minimum Gasteiger partial charge on any atom is -0.507 e. The molecule has 0 unspecified atom stereocenters. The third-order valence-electron chi connectivity index (χ3n) is 4.18. The van der Waals surface area contributed by atoms with E-state index < -0.39 is 5.63 Å². The molecular weight excluding hydrogens is 340 g/mol. The van der Waals surface area contributed by atoms with Crippen LogP contribution in [0.1, 0.15) is 0 Å². The summed E-state index contributed by atoms with van der Waals surface area (Å²) in [6, 6.07) is 15.7. The molecule has 0 bridgehead atoms. The second kappa shape index (κ2) is 5.83. The molecule has 4 rings (SSSR count). The Morgan fingerprint density at radius 1 is 0.960 bits per heavy atom. The summed E-state index contributed by atoms with van der Waals surface area (Å²) < 4.78 is 10.6. The lowest BCUT2D eigenvalue weighted by Crippen LogP contribution is -2.00. The second-order valence-electron chi connectivity index (χ2n) is 5.68. The third kappa shape index (κ3) is 2.61. The summed E-state index contributed by atoms with van der Waals surface area (Å²) in [6.45, 7) is 0. The van der Waals surface area contributed by atoms with Crippen LogP contribution in [-0.2, 0) is 0 Å². The predicted octanol–water partition coefficient (Wildman–Crippen LogP) is 4.98. The SMILES string of the molecule is COc1ccc2c(c1)c(=O)oc1cc(-c3ccc(Cl)cc3)cc(O)c12. The summed E-state index contributed by atoms with van der Waals surface area (Å²) in [5, 5.41) is 12.7. The number of rotatable bonds is 2. The Balaban J connectivity index is 2.03. The molecule has 25 heavy (non-hydrogen) atoms. The maximum atomic E-state index is 12.3. The third-order valence-corrected chi connectivity index (χ3v) is 4.43. The van der Waals surface area contributed by atoms with E-state index >= 15 is 0 Å². The van der Waals surface area contributed by atoms with Gasteiger partial charge in [-0.15, -0.1) is 0 Å². The summed E-state index contributed by atoms with van der Waals surface area (Å²) in [7, 11) is 1.53. The molecule has 3 aromatic carbocycles. The van der Waals surface area contributed by atoms with Crippen molar-refractivity contribution in [1.29, 1.82) is 0 Å². The zero-order valence-corrected chi connectivity index (χ0v) is 14.0. The molecule has 0 aliphatic heterocycles. The zero-order chi connectivity index (χ0) is 17.6. The summed E-state index contributed by atoms with van der Waals surface area (Å²) in [6.07, 6.45) is 0. The minimum absolute atomic E-state index is 0.0429. The fourth-order valence-electron chi connectivity index (χ4n) is 2.95. The number of ether oxygens (including phenoxy) is 1. The number of phenolic OH excluding ortho intramolecular Hbond substituents is 1. The van der Waals surface area contributed by atoms with Crippen molar-refractivity contribution >= 4 is 33.3 Å². The van der Waals surface area contributed by atoms with Gasteiger partial charge in [0.25, 0.3) is 0 Å². The van der Waals surface area contributed by atoms with Crippen molar-refractivity contribution in [3.8, 4) is 22.6 Å². The topological polar surface area (TPSA) is 59.7 Å². The van der Waals surface area contributed by atoms with E-state index in [1.165, 1.54) is 7.11 Å². The van der Waals surface area contributed by atoms with Crippen molar-refractivity contribution in [2.45, 2.75) is 0 Å². The quantitative estimate of drug-likeness (QED) is 0.408. The molecular formula is C20H13ClO4. The van der Waals surface area contributed by atoms with Crippen molar-refractivity contribution < 1.29 is 14.3 Å². The van der Waals surface area contributed by atoms with Crippen LogP contribution < -0.4 is 10.4 Å². The van der Waals surface area contributed by atoms with Gasteiger partial charge < -0.3 is 14.3 Å². The van der Waals surface area contributed by atoms with Crippen LogP contribution in [0.3, 0.4) is 0 Å². The Bertz CT molecular complexity index is 1160. The number of halogens is 1. The molecule has 0 saturated heterocycles. The predicted molar refractivity (Wildman–Crippen MR) is 98.7 cm³/mol. The van der Waals surface area contributed by atoms with Gasteiger partial charge in [-0.3, -0.25) is 0 Å². The minimum atomic E-state index is -0.478. The number of aromatic hydroxyl groups is 1. The van der Waals surface area contributed by atoms with Gasteiger partial charge in [0.05, 0.1) is 17.9 Å². The van der Waals surface area contributed by atoms with Crippen LogP contribution in [0.5, 0.6) is 11.5 Å². The molecule has 0 atom stereocenters. The molecule has 1 N–H and O–H groups in total. The lowest BCUT2D eigenvalue weighted by Gasteiger charge is -2.09. The smallest absolute Gasteiger partial charge is 0.344 e. The van der Waals surface area contributed by atoms with Gasteiger partial charge >= 0.3 is 5.63 Å². The molecule has 0 amide bonds. The lowest BCUT2D eigenvalue weighted by molar-refractivity contribution is 0.415. The monoisotopic (exact) mass is 352 g/mol. The summed E-state index contributed by atoms with van der Waals surface area (Å²) in [5.41, 5.74) is 1.44. The number of benzene rings is 3. The van der Waals surface area contributed by atoms with Crippen LogP contribution in [0.25, 0.3) is 32.9 Å². The first-order chi connectivity index (χ1) is 12.1. The fraction of sp³-hybridized carbons (Fsp3) is 0.0500. The first-order valence-electron chi connectivity index (χ1n) is 7.60. The second-order valence-corrected chi connectivity index (χ2v) is 6.11. The highest BCUT2D eigenvalue weighted by atomic mass is 35.5. The van der Waals surface area contributed by atoms with E-state index in [9.17, 15) is 9.90 Å². The van der Waals surface area contributed by atoms with Gasteiger partial charge in [0.2, 0.25) is 0 Å². The molecule has 0 aliphatic rings. The zero-order valence-electron chi connectivity index (χ0n) is 13.2. The lowest BCUT2D eigenvalue weighted by atomic mass is 10.0. The Hall–Kier alpha value is -2.98. The molecule has 0 radical (unpaired) electrons. The Kier molecular flexibility index (Phi) is 3.62. The van der Waals surface area contributed by atoms with Crippen LogP contribution in [0.2, 0.25) is 5.02 Å².